The van der Waals surface area contributed by atoms with Gasteiger partial charge in [-0.1, -0.05) is 18.2 Å². The molecule has 0 unspecified atom stereocenters. The van der Waals surface area contributed by atoms with Crippen molar-refractivity contribution in [3.63, 3.8) is 0 Å². The number of halogens is 1. The normalized spacial score (nSPS) is 9.29. The minimum atomic E-state index is 0. The van der Waals surface area contributed by atoms with Crippen molar-refractivity contribution < 1.29 is 4.74 Å². The number of nitrogen functional groups attached to an aromatic ring is 1. The van der Waals surface area contributed by atoms with Gasteiger partial charge in [0.15, 0.2) is 0 Å². The standard InChI is InChI=1S/C13H14N2O.ClH/c1-10-4-2-3-5-13(10)16-12-8-6-11(15-14)7-9-12;/h2-9,15H,14H2,1H3;1H. The highest BCUT2D eigenvalue weighted by Gasteiger charge is 1.99. The van der Waals surface area contributed by atoms with E-state index in [0.717, 1.165) is 22.7 Å². The summed E-state index contributed by atoms with van der Waals surface area (Å²) in [4.78, 5) is 0. The highest BCUT2D eigenvalue weighted by molar-refractivity contribution is 5.85. The van der Waals surface area contributed by atoms with E-state index in [9.17, 15) is 0 Å². The summed E-state index contributed by atoms with van der Waals surface area (Å²) in [7, 11) is 0. The van der Waals surface area contributed by atoms with Crippen LogP contribution in [0.5, 0.6) is 11.5 Å². The number of nitrogens with two attached hydrogens (primary N) is 1. The molecule has 0 bridgehead atoms. The molecular weight excluding hydrogens is 236 g/mol. The van der Waals surface area contributed by atoms with Crippen LogP contribution in [0.3, 0.4) is 0 Å². The molecule has 2 aromatic carbocycles. The fourth-order valence-corrected chi connectivity index (χ4v) is 1.42. The molecule has 17 heavy (non-hydrogen) atoms. The highest BCUT2D eigenvalue weighted by Crippen LogP contribution is 2.25. The van der Waals surface area contributed by atoms with Crippen LogP contribution in [-0.4, -0.2) is 0 Å². The van der Waals surface area contributed by atoms with Gasteiger partial charge in [-0.25, -0.2) is 0 Å². The van der Waals surface area contributed by atoms with Crippen LogP contribution in [-0.2, 0) is 0 Å². The summed E-state index contributed by atoms with van der Waals surface area (Å²) in [6, 6.07) is 15.4. The highest BCUT2D eigenvalue weighted by atomic mass is 35.5. The lowest BCUT2D eigenvalue weighted by Gasteiger charge is -2.08. The molecule has 0 amide bonds. The van der Waals surface area contributed by atoms with Gasteiger partial charge in [-0.15, -0.1) is 12.4 Å². The molecule has 0 aliphatic rings. The van der Waals surface area contributed by atoms with Gasteiger partial charge < -0.3 is 10.2 Å². The Hall–Kier alpha value is -1.71. The molecule has 0 fully saturated rings. The Labute approximate surface area is 107 Å². The van der Waals surface area contributed by atoms with E-state index in [-0.39, 0.29) is 12.4 Å². The van der Waals surface area contributed by atoms with Crippen molar-refractivity contribution in [2.24, 2.45) is 5.84 Å². The fraction of sp³-hybridized carbons (Fsp3) is 0.0769. The average molecular weight is 251 g/mol. The second-order valence-corrected chi connectivity index (χ2v) is 3.54. The van der Waals surface area contributed by atoms with E-state index in [1.54, 1.807) is 0 Å². The van der Waals surface area contributed by atoms with Crippen molar-refractivity contribution in [2.45, 2.75) is 6.92 Å². The number of aryl methyl sites for hydroxylation is 1. The van der Waals surface area contributed by atoms with Crippen LogP contribution < -0.4 is 16.0 Å². The average Bonchev–Trinajstić information content (AvgIpc) is 2.33. The summed E-state index contributed by atoms with van der Waals surface area (Å²) < 4.78 is 5.74. The Kier molecular flexibility index (Phi) is 4.82. The van der Waals surface area contributed by atoms with E-state index in [1.165, 1.54) is 0 Å². The van der Waals surface area contributed by atoms with Crippen molar-refractivity contribution >= 4 is 18.1 Å². The van der Waals surface area contributed by atoms with Gasteiger partial charge in [0.1, 0.15) is 11.5 Å². The smallest absolute Gasteiger partial charge is 0.130 e. The van der Waals surface area contributed by atoms with Gasteiger partial charge in [-0.05, 0) is 42.8 Å². The van der Waals surface area contributed by atoms with Crippen LogP contribution in [0.2, 0.25) is 0 Å². The molecule has 0 aliphatic heterocycles. The Bertz CT molecular complexity index is 471. The summed E-state index contributed by atoms with van der Waals surface area (Å²) in [5.41, 5.74) is 4.55. The first-order valence-electron chi connectivity index (χ1n) is 5.10. The second kappa shape index (κ2) is 6.13. The van der Waals surface area contributed by atoms with Crippen LogP contribution in [0.25, 0.3) is 0 Å². The molecule has 0 saturated carbocycles. The SMILES string of the molecule is Cc1ccccc1Oc1ccc(NN)cc1.Cl. The van der Waals surface area contributed by atoms with Gasteiger partial charge in [0, 0.05) is 5.69 Å². The zero-order valence-electron chi connectivity index (χ0n) is 9.51. The Morgan fingerprint density at radius 3 is 2.24 bits per heavy atom. The zero-order valence-corrected chi connectivity index (χ0v) is 10.3. The molecule has 0 atom stereocenters. The van der Waals surface area contributed by atoms with Crippen molar-refractivity contribution in [3.05, 3.63) is 54.1 Å². The number of hydrazine groups is 1. The molecule has 0 radical (unpaired) electrons. The van der Waals surface area contributed by atoms with Crippen LogP contribution in [0.4, 0.5) is 5.69 Å². The number of hydrogen-bond donors (Lipinski definition) is 2. The molecule has 3 nitrogen and oxygen atoms in total. The predicted molar refractivity (Wildman–Crippen MR) is 72.8 cm³/mol. The minimum absolute atomic E-state index is 0. The quantitative estimate of drug-likeness (QED) is 0.648. The molecule has 0 aliphatic carbocycles. The lowest BCUT2D eigenvalue weighted by molar-refractivity contribution is 0.479. The summed E-state index contributed by atoms with van der Waals surface area (Å²) in [6.45, 7) is 2.02. The first kappa shape index (κ1) is 13.4. The summed E-state index contributed by atoms with van der Waals surface area (Å²) >= 11 is 0. The number of para-hydroxylation sites is 1. The monoisotopic (exact) mass is 250 g/mol. The topological polar surface area (TPSA) is 47.3 Å². The summed E-state index contributed by atoms with van der Waals surface area (Å²) in [6.07, 6.45) is 0. The van der Waals surface area contributed by atoms with Gasteiger partial charge in [-0.3, -0.25) is 5.84 Å². The first-order chi connectivity index (χ1) is 7.79. The third-order valence-corrected chi connectivity index (χ3v) is 2.34. The maximum atomic E-state index is 5.74. The van der Waals surface area contributed by atoms with Crippen LogP contribution in [0.15, 0.2) is 48.5 Å². The molecule has 90 valence electrons. The molecule has 0 saturated heterocycles. The van der Waals surface area contributed by atoms with Gasteiger partial charge in [0.2, 0.25) is 0 Å². The predicted octanol–water partition coefficient (Wildman–Crippen LogP) is 3.49. The number of anilines is 1. The molecule has 0 aromatic heterocycles. The number of benzene rings is 2. The summed E-state index contributed by atoms with van der Waals surface area (Å²) in [5.74, 6) is 6.96. The summed E-state index contributed by atoms with van der Waals surface area (Å²) in [5, 5.41) is 0. The van der Waals surface area contributed by atoms with E-state index in [2.05, 4.69) is 5.43 Å². The van der Waals surface area contributed by atoms with Crippen LogP contribution in [0, 0.1) is 6.92 Å². The molecule has 3 N–H and O–H groups in total. The molecule has 2 rings (SSSR count). The minimum Gasteiger partial charge on any atom is -0.457 e. The number of rotatable bonds is 3. The molecule has 0 heterocycles. The van der Waals surface area contributed by atoms with Crippen molar-refractivity contribution in [1.29, 1.82) is 0 Å². The number of nitrogens with one attached hydrogen (secondary N) is 1. The van der Waals surface area contributed by atoms with Crippen molar-refractivity contribution in [3.8, 4) is 11.5 Å². The fourth-order valence-electron chi connectivity index (χ4n) is 1.42. The van der Waals surface area contributed by atoms with Gasteiger partial charge in [0.25, 0.3) is 0 Å². The number of hydrogen-bond acceptors (Lipinski definition) is 3. The van der Waals surface area contributed by atoms with Crippen LogP contribution >= 0.6 is 12.4 Å². The van der Waals surface area contributed by atoms with Crippen LogP contribution in [0.1, 0.15) is 5.56 Å². The first-order valence-corrected chi connectivity index (χ1v) is 5.10. The molecular formula is C13H15ClN2O. The molecule has 0 spiro atoms. The molecule has 4 heteroatoms. The number of ether oxygens (including phenoxy) is 1. The zero-order chi connectivity index (χ0) is 11.4. The Morgan fingerprint density at radius 1 is 1.00 bits per heavy atom. The van der Waals surface area contributed by atoms with Gasteiger partial charge >= 0.3 is 0 Å². The van der Waals surface area contributed by atoms with E-state index < -0.39 is 0 Å². The lowest BCUT2D eigenvalue weighted by atomic mass is 10.2. The Morgan fingerprint density at radius 2 is 1.65 bits per heavy atom. The third kappa shape index (κ3) is 3.37. The third-order valence-electron chi connectivity index (χ3n) is 2.34. The van der Waals surface area contributed by atoms with Crippen molar-refractivity contribution in [1.82, 2.24) is 0 Å². The largest absolute Gasteiger partial charge is 0.457 e. The maximum absolute atomic E-state index is 5.74. The van der Waals surface area contributed by atoms with E-state index in [1.807, 2.05) is 55.5 Å². The second-order valence-electron chi connectivity index (χ2n) is 3.54. The van der Waals surface area contributed by atoms with E-state index >= 15 is 0 Å². The Balaban J connectivity index is 0.00000144. The van der Waals surface area contributed by atoms with Gasteiger partial charge in [-0.2, -0.15) is 0 Å². The van der Waals surface area contributed by atoms with E-state index in [4.69, 9.17) is 10.6 Å². The lowest BCUT2D eigenvalue weighted by Crippen LogP contribution is -2.05. The maximum Gasteiger partial charge on any atom is 0.130 e. The van der Waals surface area contributed by atoms with Crippen molar-refractivity contribution in [2.75, 3.05) is 5.43 Å². The van der Waals surface area contributed by atoms with Gasteiger partial charge in [0.05, 0.1) is 0 Å². The van der Waals surface area contributed by atoms with E-state index in [0.29, 0.717) is 0 Å². The molecule has 2 aromatic rings.